The number of aliphatic hydroxyl groups is 1. The number of aromatic nitrogens is 4. The summed E-state index contributed by atoms with van der Waals surface area (Å²) in [6.45, 7) is 0.369. The number of anilines is 2. The van der Waals surface area contributed by atoms with Crippen LogP contribution >= 0.6 is 0 Å². The van der Waals surface area contributed by atoms with Gasteiger partial charge in [0.15, 0.2) is 17.0 Å². The SMILES string of the molecule is NC(=O)CNc1nc(N)nc2c1ncn2[C@H]1COC(CO)C1. The van der Waals surface area contributed by atoms with E-state index in [0.717, 1.165) is 0 Å². The van der Waals surface area contributed by atoms with Gasteiger partial charge in [-0.2, -0.15) is 9.97 Å². The number of carbonyl (C=O) groups excluding carboxylic acids is 1. The number of carbonyl (C=O) groups is 1. The van der Waals surface area contributed by atoms with Crippen LogP contribution < -0.4 is 16.8 Å². The normalized spacial score (nSPS) is 21.3. The minimum atomic E-state index is -0.514. The molecule has 0 aromatic carbocycles. The molecule has 3 heterocycles. The topological polar surface area (TPSA) is 154 Å². The number of hydrogen-bond donors (Lipinski definition) is 4. The molecule has 1 aliphatic heterocycles. The number of rotatable bonds is 5. The Morgan fingerprint density at radius 3 is 3.05 bits per heavy atom. The highest BCUT2D eigenvalue weighted by molar-refractivity contribution is 5.87. The van der Waals surface area contributed by atoms with Crippen LogP contribution in [0.3, 0.4) is 0 Å². The summed E-state index contributed by atoms with van der Waals surface area (Å²) in [6, 6.07) is 0.0143. The van der Waals surface area contributed by atoms with Gasteiger partial charge in [0, 0.05) is 0 Å². The van der Waals surface area contributed by atoms with E-state index in [4.69, 9.17) is 21.3 Å². The molecular weight excluding hydrogens is 290 g/mol. The van der Waals surface area contributed by atoms with Gasteiger partial charge in [-0.3, -0.25) is 4.79 Å². The van der Waals surface area contributed by atoms with Crippen molar-refractivity contribution in [3.8, 4) is 0 Å². The number of amides is 1. The molecule has 0 bridgehead atoms. The molecule has 2 aromatic rings. The van der Waals surface area contributed by atoms with Crippen LogP contribution in [0.2, 0.25) is 0 Å². The molecule has 1 aliphatic rings. The molecule has 10 nitrogen and oxygen atoms in total. The van der Waals surface area contributed by atoms with Crippen LogP contribution in [0, 0.1) is 0 Å². The molecule has 0 aliphatic carbocycles. The molecule has 118 valence electrons. The highest BCUT2D eigenvalue weighted by atomic mass is 16.5. The predicted octanol–water partition coefficient (Wildman–Crippen LogP) is -1.37. The van der Waals surface area contributed by atoms with Crippen LogP contribution in [-0.4, -0.2) is 56.4 Å². The van der Waals surface area contributed by atoms with E-state index in [1.165, 1.54) is 0 Å². The lowest BCUT2D eigenvalue weighted by molar-refractivity contribution is -0.116. The predicted molar refractivity (Wildman–Crippen MR) is 77.9 cm³/mol. The standard InChI is InChI=1S/C12H17N7O3/c13-8(21)2-15-10-9-11(18-12(14)17-10)19(5-16-9)6-1-7(3-20)22-4-6/h5-7,20H,1-4H2,(H2,13,21)(H3,14,15,17,18)/t6-,7?/m1/s1. The fourth-order valence-corrected chi connectivity index (χ4v) is 2.50. The molecule has 6 N–H and O–H groups in total. The third-order valence-corrected chi connectivity index (χ3v) is 3.53. The van der Waals surface area contributed by atoms with Crippen LogP contribution in [0.4, 0.5) is 11.8 Å². The van der Waals surface area contributed by atoms with Crippen molar-refractivity contribution in [3.63, 3.8) is 0 Å². The summed E-state index contributed by atoms with van der Waals surface area (Å²) in [5, 5.41) is 12.0. The third kappa shape index (κ3) is 2.65. The zero-order chi connectivity index (χ0) is 15.7. The van der Waals surface area contributed by atoms with Crippen molar-refractivity contribution in [2.75, 3.05) is 30.8 Å². The second kappa shape index (κ2) is 5.73. The first-order valence-electron chi connectivity index (χ1n) is 6.83. The summed E-state index contributed by atoms with van der Waals surface area (Å²) in [6.07, 6.45) is 2.10. The Bertz CT molecular complexity index is 701. The van der Waals surface area contributed by atoms with E-state index in [-0.39, 0.29) is 31.2 Å². The second-order valence-electron chi connectivity index (χ2n) is 5.10. The van der Waals surface area contributed by atoms with Gasteiger partial charge in [-0.1, -0.05) is 0 Å². The zero-order valence-electron chi connectivity index (χ0n) is 11.8. The van der Waals surface area contributed by atoms with Gasteiger partial charge in [-0.25, -0.2) is 4.98 Å². The molecule has 1 unspecified atom stereocenters. The second-order valence-corrected chi connectivity index (χ2v) is 5.10. The summed E-state index contributed by atoms with van der Waals surface area (Å²) in [7, 11) is 0. The number of aliphatic hydroxyl groups excluding tert-OH is 1. The third-order valence-electron chi connectivity index (χ3n) is 3.53. The van der Waals surface area contributed by atoms with Gasteiger partial charge in [0.05, 0.1) is 38.2 Å². The average molecular weight is 307 g/mol. The van der Waals surface area contributed by atoms with E-state index in [1.54, 1.807) is 6.33 Å². The Kier molecular flexibility index (Phi) is 3.77. The van der Waals surface area contributed by atoms with Crippen molar-refractivity contribution in [3.05, 3.63) is 6.33 Å². The first-order chi connectivity index (χ1) is 10.6. The molecule has 1 saturated heterocycles. The number of nitrogen functional groups attached to an aromatic ring is 1. The summed E-state index contributed by atoms with van der Waals surface area (Å²) < 4.78 is 7.32. The smallest absolute Gasteiger partial charge is 0.236 e. The van der Waals surface area contributed by atoms with Crippen LogP contribution in [0.1, 0.15) is 12.5 Å². The van der Waals surface area contributed by atoms with Crippen molar-refractivity contribution in [2.45, 2.75) is 18.6 Å². The van der Waals surface area contributed by atoms with Gasteiger partial charge in [-0.15, -0.1) is 0 Å². The molecular formula is C12H17N7O3. The molecule has 0 spiro atoms. The number of nitrogens with one attached hydrogen (secondary N) is 1. The van der Waals surface area contributed by atoms with E-state index in [1.807, 2.05) is 4.57 Å². The van der Waals surface area contributed by atoms with Gasteiger partial charge in [0.2, 0.25) is 11.9 Å². The minimum absolute atomic E-state index is 0.0143. The van der Waals surface area contributed by atoms with Gasteiger partial charge >= 0.3 is 0 Å². The van der Waals surface area contributed by atoms with Gasteiger partial charge in [0.1, 0.15) is 0 Å². The first-order valence-corrected chi connectivity index (χ1v) is 6.83. The number of nitrogens with zero attached hydrogens (tertiary/aromatic N) is 4. The lowest BCUT2D eigenvalue weighted by atomic mass is 10.2. The van der Waals surface area contributed by atoms with Crippen molar-refractivity contribution < 1.29 is 14.6 Å². The largest absolute Gasteiger partial charge is 0.394 e. The molecule has 0 saturated carbocycles. The summed E-state index contributed by atoms with van der Waals surface area (Å²) >= 11 is 0. The first kappa shape index (κ1) is 14.5. The van der Waals surface area contributed by atoms with Crippen LogP contribution in [0.5, 0.6) is 0 Å². The maximum atomic E-state index is 10.9. The van der Waals surface area contributed by atoms with Crippen LogP contribution in [0.15, 0.2) is 6.33 Å². The fourth-order valence-electron chi connectivity index (χ4n) is 2.50. The molecule has 1 amide bonds. The van der Waals surface area contributed by atoms with Crippen molar-refractivity contribution in [2.24, 2.45) is 5.73 Å². The zero-order valence-corrected chi connectivity index (χ0v) is 11.8. The fraction of sp³-hybridized carbons (Fsp3) is 0.500. The van der Waals surface area contributed by atoms with E-state index < -0.39 is 5.91 Å². The Morgan fingerprint density at radius 2 is 2.36 bits per heavy atom. The Hall–Kier alpha value is -2.46. The maximum Gasteiger partial charge on any atom is 0.236 e. The van der Waals surface area contributed by atoms with Crippen LogP contribution in [-0.2, 0) is 9.53 Å². The lowest BCUT2D eigenvalue weighted by Gasteiger charge is -2.11. The van der Waals surface area contributed by atoms with E-state index in [9.17, 15) is 4.79 Å². The average Bonchev–Trinajstić information content (AvgIpc) is 3.10. The van der Waals surface area contributed by atoms with Gasteiger partial charge < -0.3 is 31.2 Å². The molecule has 1 fully saturated rings. The number of hydrogen-bond acceptors (Lipinski definition) is 8. The molecule has 3 rings (SSSR count). The Morgan fingerprint density at radius 1 is 1.55 bits per heavy atom. The number of ether oxygens (including phenoxy) is 1. The van der Waals surface area contributed by atoms with Crippen LogP contribution in [0.25, 0.3) is 11.2 Å². The number of fused-ring (bicyclic) bond motifs is 1. The van der Waals surface area contributed by atoms with Gasteiger partial charge in [0.25, 0.3) is 0 Å². The van der Waals surface area contributed by atoms with E-state index in [0.29, 0.717) is 30.0 Å². The summed E-state index contributed by atoms with van der Waals surface area (Å²) in [4.78, 5) is 23.4. The Labute approximate surface area is 125 Å². The summed E-state index contributed by atoms with van der Waals surface area (Å²) in [5.74, 6) is -0.0868. The van der Waals surface area contributed by atoms with Crippen molar-refractivity contribution >= 4 is 28.8 Å². The monoisotopic (exact) mass is 307 g/mol. The maximum absolute atomic E-state index is 10.9. The van der Waals surface area contributed by atoms with Crippen molar-refractivity contribution in [1.82, 2.24) is 19.5 Å². The van der Waals surface area contributed by atoms with E-state index in [2.05, 4.69) is 20.3 Å². The highest BCUT2D eigenvalue weighted by Gasteiger charge is 2.28. The van der Waals surface area contributed by atoms with Gasteiger partial charge in [-0.05, 0) is 6.42 Å². The highest BCUT2D eigenvalue weighted by Crippen LogP contribution is 2.29. The quantitative estimate of drug-likeness (QED) is 0.527. The van der Waals surface area contributed by atoms with Crippen molar-refractivity contribution in [1.29, 1.82) is 0 Å². The van der Waals surface area contributed by atoms with E-state index >= 15 is 0 Å². The molecule has 10 heteroatoms. The molecule has 0 radical (unpaired) electrons. The molecule has 22 heavy (non-hydrogen) atoms. The summed E-state index contributed by atoms with van der Waals surface area (Å²) in [5.41, 5.74) is 11.9. The number of imidazole rings is 1. The lowest BCUT2D eigenvalue weighted by Crippen LogP contribution is -2.22. The minimum Gasteiger partial charge on any atom is -0.394 e. The Balaban J connectivity index is 1.95. The molecule has 2 atom stereocenters. The number of primary amides is 1. The number of nitrogens with two attached hydrogens (primary N) is 2. The molecule has 2 aromatic heterocycles.